The topological polar surface area (TPSA) is 12.9 Å². The SMILES string of the molecule is C=Cc1ccccc1.C=Cc1cnc(C=C)c(C=C)c1C=C. The summed E-state index contributed by atoms with van der Waals surface area (Å²) in [4.78, 5) is 4.24. The van der Waals surface area contributed by atoms with Crippen LogP contribution in [0.1, 0.15) is 27.9 Å². The van der Waals surface area contributed by atoms with E-state index in [0.717, 1.165) is 22.4 Å². The van der Waals surface area contributed by atoms with Crippen LogP contribution >= 0.6 is 0 Å². The van der Waals surface area contributed by atoms with Crippen LogP contribution in [0.3, 0.4) is 0 Å². The van der Waals surface area contributed by atoms with E-state index in [1.54, 1.807) is 30.5 Å². The van der Waals surface area contributed by atoms with E-state index >= 15 is 0 Å². The van der Waals surface area contributed by atoms with Gasteiger partial charge in [-0.1, -0.05) is 87.5 Å². The standard InChI is InChI=1S/C13H13N.C8H8/c1-5-10-9-14-13(8-4)12(7-3)11(10)6-2;1-2-8-6-4-3-5-7-8/h5-9H,1-4H2;2-7H,1H2. The van der Waals surface area contributed by atoms with E-state index in [2.05, 4.69) is 37.9 Å². The second-order valence-electron chi connectivity index (χ2n) is 4.36. The lowest BCUT2D eigenvalue weighted by molar-refractivity contribution is 1.26. The summed E-state index contributed by atoms with van der Waals surface area (Å²) in [6, 6.07) is 10.0. The molecule has 0 saturated heterocycles. The third kappa shape index (κ3) is 4.29. The van der Waals surface area contributed by atoms with E-state index in [4.69, 9.17) is 0 Å². The van der Waals surface area contributed by atoms with E-state index in [1.807, 2.05) is 36.4 Å². The van der Waals surface area contributed by atoms with Crippen LogP contribution in [0.4, 0.5) is 0 Å². The van der Waals surface area contributed by atoms with Crippen molar-refractivity contribution in [2.75, 3.05) is 0 Å². The fraction of sp³-hybridized carbons (Fsp3) is 0. The van der Waals surface area contributed by atoms with Gasteiger partial charge in [-0.05, 0) is 17.2 Å². The maximum absolute atomic E-state index is 4.24. The molecule has 2 rings (SSSR count). The first-order chi connectivity index (χ1) is 10.7. The van der Waals surface area contributed by atoms with Gasteiger partial charge in [-0.25, -0.2) is 0 Å². The molecule has 2 aromatic rings. The summed E-state index contributed by atoms with van der Waals surface area (Å²) < 4.78 is 0. The minimum absolute atomic E-state index is 0.820. The highest BCUT2D eigenvalue weighted by molar-refractivity contribution is 5.76. The summed E-state index contributed by atoms with van der Waals surface area (Å²) in [5.74, 6) is 0. The molecule has 1 nitrogen and oxygen atoms in total. The van der Waals surface area contributed by atoms with Crippen LogP contribution in [0.5, 0.6) is 0 Å². The van der Waals surface area contributed by atoms with Crippen LogP contribution in [0.15, 0.2) is 69.4 Å². The van der Waals surface area contributed by atoms with Crippen molar-refractivity contribution in [3.8, 4) is 0 Å². The van der Waals surface area contributed by atoms with Gasteiger partial charge < -0.3 is 0 Å². The zero-order valence-electron chi connectivity index (χ0n) is 12.8. The molecule has 1 heteroatoms. The van der Waals surface area contributed by atoms with Crippen LogP contribution in [-0.2, 0) is 0 Å². The molecular weight excluding hydrogens is 266 g/mol. The average Bonchev–Trinajstić information content (AvgIpc) is 2.61. The molecule has 0 radical (unpaired) electrons. The van der Waals surface area contributed by atoms with Crippen molar-refractivity contribution in [1.29, 1.82) is 0 Å². The zero-order chi connectivity index (χ0) is 16.4. The number of hydrogen-bond donors (Lipinski definition) is 0. The van der Waals surface area contributed by atoms with Crippen molar-refractivity contribution in [1.82, 2.24) is 4.98 Å². The van der Waals surface area contributed by atoms with Crippen LogP contribution in [0, 0.1) is 0 Å². The van der Waals surface area contributed by atoms with Gasteiger partial charge in [-0.3, -0.25) is 4.98 Å². The Morgan fingerprint density at radius 2 is 1.32 bits per heavy atom. The van der Waals surface area contributed by atoms with Crippen LogP contribution < -0.4 is 0 Å². The van der Waals surface area contributed by atoms with Gasteiger partial charge in [0.1, 0.15) is 0 Å². The normalized spacial score (nSPS) is 8.91. The van der Waals surface area contributed by atoms with E-state index in [0.29, 0.717) is 0 Å². The van der Waals surface area contributed by atoms with Crippen LogP contribution in [-0.4, -0.2) is 4.98 Å². The molecule has 0 N–H and O–H groups in total. The second-order valence-corrected chi connectivity index (χ2v) is 4.36. The summed E-state index contributed by atoms with van der Waals surface area (Å²) in [6.07, 6.45) is 10.6. The van der Waals surface area contributed by atoms with Gasteiger partial charge in [0.15, 0.2) is 0 Å². The molecule has 0 fully saturated rings. The van der Waals surface area contributed by atoms with Crippen molar-refractivity contribution in [2.45, 2.75) is 0 Å². The molecule has 110 valence electrons. The average molecular weight is 287 g/mol. The highest BCUT2D eigenvalue weighted by Crippen LogP contribution is 2.21. The molecule has 0 amide bonds. The molecule has 0 saturated carbocycles. The summed E-state index contributed by atoms with van der Waals surface area (Å²) in [6.45, 7) is 18.6. The Bertz CT molecular complexity index is 640. The predicted molar refractivity (Wildman–Crippen MR) is 101 cm³/mol. The molecule has 1 aromatic heterocycles. The number of aromatic nitrogens is 1. The first kappa shape index (κ1) is 17.1. The molecule has 0 spiro atoms. The van der Waals surface area contributed by atoms with Crippen molar-refractivity contribution >= 4 is 30.4 Å². The van der Waals surface area contributed by atoms with E-state index in [1.165, 1.54) is 5.56 Å². The summed E-state index contributed by atoms with van der Waals surface area (Å²) in [5, 5.41) is 0. The molecule has 0 aliphatic carbocycles. The summed E-state index contributed by atoms with van der Waals surface area (Å²) >= 11 is 0. The summed E-state index contributed by atoms with van der Waals surface area (Å²) in [7, 11) is 0. The van der Waals surface area contributed by atoms with Gasteiger partial charge in [-0.2, -0.15) is 0 Å². The van der Waals surface area contributed by atoms with E-state index < -0.39 is 0 Å². The molecule has 1 aromatic carbocycles. The lowest BCUT2D eigenvalue weighted by Gasteiger charge is -2.07. The first-order valence-corrected chi connectivity index (χ1v) is 6.92. The molecule has 0 bridgehead atoms. The fourth-order valence-electron chi connectivity index (χ4n) is 1.93. The Labute approximate surface area is 133 Å². The zero-order valence-corrected chi connectivity index (χ0v) is 12.8. The molecule has 0 atom stereocenters. The van der Waals surface area contributed by atoms with E-state index in [9.17, 15) is 0 Å². The van der Waals surface area contributed by atoms with Crippen LogP contribution in [0.2, 0.25) is 0 Å². The maximum Gasteiger partial charge on any atom is 0.0702 e. The van der Waals surface area contributed by atoms with Crippen molar-refractivity contribution in [3.63, 3.8) is 0 Å². The maximum atomic E-state index is 4.24. The molecule has 0 unspecified atom stereocenters. The minimum atomic E-state index is 0.820. The largest absolute Gasteiger partial charge is 0.256 e. The van der Waals surface area contributed by atoms with Gasteiger partial charge in [0.2, 0.25) is 0 Å². The monoisotopic (exact) mass is 287 g/mol. The minimum Gasteiger partial charge on any atom is -0.256 e. The first-order valence-electron chi connectivity index (χ1n) is 6.92. The molecule has 0 aliphatic heterocycles. The Hall–Kier alpha value is -2.93. The Kier molecular flexibility index (Phi) is 7.07. The smallest absolute Gasteiger partial charge is 0.0702 e. The molecular formula is C21H21N. The molecule has 22 heavy (non-hydrogen) atoms. The van der Waals surface area contributed by atoms with Crippen molar-refractivity contribution in [3.05, 3.63) is 97.4 Å². The third-order valence-electron chi connectivity index (χ3n) is 3.08. The highest BCUT2D eigenvalue weighted by Gasteiger charge is 2.05. The summed E-state index contributed by atoms with van der Waals surface area (Å²) in [5.41, 5.74) is 4.90. The lowest BCUT2D eigenvalue weighted by atomic mass is 10.0. The Balaban J connectivity index is 0.000000255. The van der Waals surface area contributed by atoms with Gasteiger partial charge in [0.25, 0.3) is 0 Å². The molecule has 1 heterocycles. The predicted octanol–water partition coefficient (Wildman–Crippen LogP) is 5.98. The highest BCUT2D eigenvalue weighted by atomic mass is 14.7. The second kappa shape index (κ2) is 9.09. The van der Waals surface area contributed by atoms with E-state index in [-0.39, 0.29) is 0 Å². The number of benzene rings is 1. The van der Waals surface area contributed by atoms with Gasteiger partial charge in [0.05, 0.1) is 5.69 Å². The number of pyridine rings is 1. The van der Waals surface area contributed by atoms with Crippen LogP contribution in [0.25, 0.3) is 30.4 Å². The third-order valence-corrected chi connectivity index (χ3v) is 3.08. The van der Waals surface area contributed by atoms with Gasteiger partial charge in [-0.15, -0.1) is 0 Å². The number of nitrogens with zero attached hydrogens (tertiary/aromatic N) is 1. The lowest BCUT2D eigenvalue weighted by Crippen LogP contribution is -1.93. The van der Waals surface area contributed by atoms with Crippen molar-refractivity contribution < 1.29 is 0 Å². The quantitative estimate of drug-likeness (QED) is 0.659. The Morgan fingerprint density at radius 1 is 0.682 bits per heavy atom. The Morgan fingerprint density at radius 3 is 1.73 bits per heavy atom. The number of rotatable bonds is 5. The van der Waals surface area contributed by atoms with Gasteiger partial charge in [0, 0.05) is 17.3 Å². The molecule has 0 aliphatic rings. The van der Waals surface area contributed by atoms with Gasteiger partial charge >= 0.3 is 0 Å². The fourth-order valence-corrected chi connectivity index (χ4v) is 1.93. The number of hydrogen-bond acceptors (Lipinski definition) is 1. The van der Waals surface area contributed by atoms with Crippen molar-refractivity contribution in [2.24, 2.45) is 0 Å².